The van der Waals surface area contributed by atoms with Crippen molar-refractivity contribution < 1.29 is 17.9 Å². The van der Waals surface area contributed by atoms with Crippen LogP contribution in [0.15, 0.2) is 48.5 Å². The molecular formula is C20H22ClNO4S. The lowest BCUT2D eigenvalue weighted by atomic mass is 10.1. The number of nitrogens with zero attached hydrogens (tertiary/aromatic N) is 1. The van der Waals surface area contributed by atoms with Gasteiger partial charge in [-0.25, -0.2) is 8.42 Å². The molecule has 7 heteroatoms. The molecule has 0 N–H and O–H groups in total. The zero-order chi connectivity index (χ0) is 19.4. The molecular weight excluding hydrogens is 386 g/mol. The maximum absolute atomic E-state index is 12.9. The van der Waals surface area contributed by atoms with E-state index in [9.17, 15) is 13.2 Å². The largest absolute Gasteiger partial charge is 0.484 e. The standard InChI is InChI=1S/C20H22ClNO4S/c1-15-5-2-3-8-19(15)26-13-20(23)22(18-9-10-27(24,25)14-18)12-16-6-4-7-17(21)11-16/h2-8,11,18H,9-10,12-14H2,1H3. The second kappa shape index (κ2) is 8.31. The Morgan fingerprint density at radius 3 is 2.67 bits per heavy atom. The Bertz CT molecular complexity index is 929. The highest BCUT2D eigenvalue weighted by Gasteiger charge is 2.34. The SMILES string of the molecule is Cc1ccccc1OCC(=O)N(Cc1cccc(Cl)c1)C1CCS(=O)(=O)C1. The number of benzene rings is 2. The highest BCUT2D eigenvalue weighted by atomic mass is 35.5. The molecule has 1 aliphatic rings. The van der Waals surface area contributed by atoms with Gasteiger partial charge in [-0.1, -0.05) is 41.9 Å². The molecule has 1 fully saturated rings. The van der Waals surface area contributed by atoms with Crippen LogP contribution in [0.1, 0.15) is 17.5 Å². The molecule has 0 aromatic heterocycles. The van der Waals surface area contributed by atoms with Crippen molar-refractivity contribution in [3.63, 3.8) is 0 Å². The Labute approximate surface area is 164 Å². The molecule has 1 aliphatic heterocycles. The summed E-state index contributed by atoms with van der Waals surface area (Å²) in [5.74, 6) is 0.507. The topological polar surface area (TPSA) is 63.7 Å². The lowest BCUT2D eigenvalue weighted by Gasteiger charge is -2.28. The fourth-order valence-corrected chi connectivity index (χ4v) is 5.16. The normalized spacial score (nSPS) is 18.2. The van der Waals surface area contributed by atoms with Crippen LogP contribution in [0, 0.1) is 6.92 Å². The predicted octanol–water partition coefficient (Wildman–Crippen LogP) is 3.24. The summed E-state index contributed by atoms with van der Waals surface area (Å²) in [6.45, 7) is 2.08. The van der Waals surface area contributed by atoms with Gasteiger partial charge in [0.1, 0.15) is 5.75 Å². The van der Waals surface area contributed by atoms with Gasteiger partial charge in [0.05, 0.1) is 11.5 Å². The molecule has 1 atom stereocenters. The number of aryl methyl sites for hydroxylation is 1. The van der Waals surface area contributed by atoms with Gasteiger partial charge in [-0.05, 0) is 42.7 Å². The van der Waals surface area contributed by atoms with Crippen molar-refractivity contribution in [2.75, 3.05) is 18.1 Å². The average Bonchev–Trinajstić information content (AvgIpc) is 2.98. The van der Waals surface area contributed by atoms with Crippen molar-refractivity contribution in [2.24, 2.45) is 0 Å². The van der Waals surface area contributed by atoms with Gasteiger partial charge < -0.3 is 9.64 Å². The maximum atomic E-state index is 12.9. The van der Waals surface area contributed by atoms with Gasteiger partial charge in [-0.2, -0.15) is 0 Å². The van der Waals surface area contributed by atoms with Gasteiger partial charge in [-0.3, -0.25) is 4.79 Å². The van der Waals surface area contributed by atoms with Gasteiger partial charge in [0.25, 0.3) is 5.91 Å². The molecule has 2 aromatic rings. The Morgan fingerprint density at radius 1 is 1.22 bits per heavy atom. The van der Waals surface area contributed by atoms with Crippen LogP contribution >= 0.6 is 11.6 Å². The third-order valence-electron chi connectivity index (χ3n) is 4.66. The third-order valence-corrected chi connectivity index (χ3v) is 6.64. The number of amides is 1. The van der Waals surface area contributed by atoms with E-state index in [0.717, 1.165) is 11.1 Å². The second-order valence-corrected chi connectivity index (χ2v) is 9.43. The van der Waals surface area contributed by atoms with E-state index in [4.69, 9.17) is 16.3 Å². The van der Waals surface area contributed by atoms with E-state index in [2.05, 4.69) is 0 Å². The number of carbonyl (C=O) groups is 1. The maximum Gasteiger partial charge on any atom is 0.261 e. The summed E-state index contributed by atoms with van der Waals surface area (Å²) >= 11 is 6.05. The van der Waals surface area contributed by atoms with Crippen molar-refractivity contribution in [1.29, 1.82) is 0 Å². The van der Waals surface area contributed by atoms with Gasteiger partial charge in [0, 0.05) is 17.6 Å². The van der Waals surface area contributed by atoms with E-state index < -0.39 is 9.84 Å². The average molecular weight is 408 g/mol. The lowest BCUT2D eigenvalue weighted by Crippen LogP contribution is -2.43. The highest BCUT2D eigenvalue weighted by Crippen LogP contribution is 2.22. The van der Waals surface area contributed by atoms with E-state index in [0.29, 0.717) is 23.7 Å². The summed E-state index contributed by atoms with van der Waals surface area (Å²) in [5, 5.41) is 0.579. The second-order valence-electron chi connectivity index (χ2n) is 6.76. The summed E-state index contributed by atoms with van der Waals surface area (Å²) in [5.41, 5.74) is 1.80. The number of carbonyl (C=O) groups excluding carboxylic acids is 1. The Hall–Kier alpha value is -2.05. The first-order valence-electron chi connectivity index (χ1n) is 8.77. The summed E-state index contributed by atoms with van der Waals surface area (Å²) in [6.07, 6.45) is 0.443. The van der Waals surface area contributed by atoms with E-state index in [1.807, 2.05) is 43.3 Å². The first-order chi connectivity index (χ1) is 12.8. The molecule has 5 nitrogen and oxygen atoms in total. The van der Waals surface area contributed by atoms with E-state index in [-0.39, 0.29) is 30.1 Å². The molecule has 0 saturated carbocycles. The van der Waals surface area contributed by atoms with Crippen molar-refractivity contribution in [1.82, 2.24) is 4.90 Å². The smallest absolute Gasteiger partial charge is 0.261 e. The monoisotopic (exact) mass is 407 g/mol. The number of rotatable bonds is 6. The number of hydrogen-bond acceptors (Lipinski definition) is 4. The van der Waals surface area contributed by atoms with Gasteiger partial charge in [0.2, 0.25) is 0 Å². The number of hydrogen-bond donors (Lipinski definition) is 0. The number of halogens is 1. The Kier molecular flexibility index (Phi) is 6.07. The molecule has 144 valence electrons. The fourth-order valence-electron chi connectivity index (χ4n) is 3.21. The van der Waals surface area contributed by atoms with Crippen LogP contribution in [0.2, 0.25) is 5.02 Å². The minimum absolute atomic E-state index is 0.0102. The molecule has 1 unspecified atom stereocenters. The van der Waals surface area contributed by atoms with Crippen LogP contribution in [0.5, 0.6) is 5.75 Å². The summed E-state index contributed by atoms with van der Waals surface area (Å²) in [7, 11) is -3.11. The quantitative estimate of drug-likeness (QED) is 0.737. The molecule has 2 aromatic carbocycles. The van der Waals surface area contributed by atoms with Crippen molar-refractivity contribution in [3.05, 3.63) is 64.7 Å². The van der Waals surface area contributed by atoms with Crippen molar-refractivity contribution in [2.45, 2.75) is 25.9 Å². The minimum atomic E-state index is -3.11. The molecule has 27 heavy (non-hydrogen) atoms. The number of para-hydroxylation sites is 1. The predicted molar refractivity (Wildman–Crippen MR) is 106 cm³/mol. The Balaban J connectivity index is 1.76. The minimum Gasteiger partial charge on any atom is -0.484 e. The van der Waals surface area contributed by atoms with Gasteiger partial charge in [-0.15, -0.1) is 0 Å². The van der Waals surface area contributed by atoms with Crippen LogP contribution in [-0.4, -0.2) is 43.4 Å². The first-order valence-corrected chi connectivity index (χ1v) is 11.0. The van der Waals surface area contributed by atoms with E-state index in [1.165, 1.54) is 0 Å². The van der Waals surface area contributed by atoms with Crippen LogP contribution in [0.4, 0.5) is 0 Å². The van der Waals surface area contributed by atoms with Crippen LogP contribution in [0.25, 0.3) is 0 Å². The zero-order valence-corrected chi connectivity index (χ0v) is 16.7. The third kappa shape index (κ3) is 5.23. The first kappa shape index (κ1) is 19.7. The zero-order valence-electron chi connectivity index (χ0n) is 15.1. The molecule has 0 bridgehead atoms. The van der Waals surface area contributed by atoms with Crippen molar-refractivity contribution in [3.8, 4) is 5.75 Å². The lowest BCUT2D eigenvalue weighted by molar-refractivity contribution is -0.136. The molecule has 0 radical (unpaired) electrons. The van der Waals surface area contributed by atoms with Gasteiger partial charge >= 0.3 is 0 Å². The molecule has 3 rings (SSSR count). The molecule has 0 spiro atoms. The van der Waals surface area contributed by atoms with Crippen LogP contribution in [0.3, 0.4) is 0 Å². The number of ether oxygens (including phenoxy) is 1. The summed E-state index contributed by atoms with van der Waals surface area (Å²) in [6, 6.07) is 14.4. The summed E-state index contributed by atoms with van der Waals surface area (Å²) < 4.78 is 29.5. The Morgan fingerprint density at radius 2 is 2.00 bits per heavy atom. The van der Waals surface area contributed by atoms with Gasteiger partial charge in [0.15, 0.2) is 16.4 Å². The van der Waals surface area contributed by atoms with E-state index in [1.54, 1.807) is 17.0 Å². The molecule has 1 heterocycles. The fraction of sp³-hybridized carbons (Fsp3) is 0.350. The van der Waals surface area contributed by atoms with Crippen molar-refractivity contribution >= 4 is 27.3 Å². The van der Waals surface area contributed by atoms with Crippen LogP contribution < -0.4 is 4.74 Å². The van der Waals surface area contributed by atoms with E-state index >= 15 is 0 Å². The molecule has 1 amide bonds. The molecule has 1 saturated heterocycles. The summed E-state index contributed by atoms with van der Waals surface area (Å²) in [4.78, 5) is 14.5. The molecule has 0 aliphatic carbocycles. The number of sulfone groups is 1. The highest BCUT2D eigenvalue weighted by molar-refractivity contribution is 7.91. The van der Waals surface area contributed by atoms with Crippen LogP contribution in [-0.2, 0) is 21.2 Å².